The number of hydrogen-bond donors (Lipinski definition) is 2. The van der Waals surface area contributed by atoms with Crippen LogP contribution in [0.15, 0.2) is 29.2 Å². The van der Waals surface area contributed by atoms with Crippen molar-refractivity contribution in [3.05, 3.63) is 29.8 Å². The van der Waals surface area contributed by atoms with Crippen molar-refractivity contribution in [1.82, 2.24) is 4.90 Å². The first kappa shape index (κ1) is 20.4. The molecule has 1 saturated heterocycles. The number of likely N-dealkylation sites (tertiary alicyclic amines) is 1. The van der Waals surface area contributed by atoms with E-state index in [0.717, 1.165) is 10.5 Å². The van der Waals surface area contributed by atoms with Crippen LogP contribution in [0, 0.1) is 12.8 Å². The van der Waals surface area contributed by atoms with Crippen molar-refractivity contribution in [2.45, 2.75) is 62.4 Å². The van der Waals surface area contributed by atoms with Gasteiger partial charge in [-0.15, -0.1) is 0 Å². The molecule has 1 aromatic carbocycles. The minimum atomic E-state index is -4.05. The summed E-state index contributed by atoms with van der Waals surface area (Å²) >= 11 is 0. The second kappa shape index (κ2) is 7.75. The zero-order valence-corrected chi connectivity index (χ0v) is 15.9. The maximum Gasteiger partial charge on any atom is 0.326 e. The molecule has 4 atom stereocenters. The molecule has 0 aliphatic carbocycles. The van der Waals surface area contributed by atoms with Gasteiger partial charge in [-0.05, 0) is 31.9 Å². The number of aliphatic hydroxyl groups is 1. The highest BCUT2D eigenvalue weighted by Gasteiger charge is 2.56. The number of aliphatic hydroxyl groups excluding tert-OH is 1. The summed E-state index contributed by atoms with van der Waals surface area (Å²) in [5, 5.41) is 18.5. The van der Waals surface area contributed by atoms with Crippen molar-refractivity contribution in [3.8, 4) is 0 Å². The number of rotatable bonds is 7. The lowest BCUT2D eigenvalue weighted by molar-refractivity contribution is -0.155. The quantitative estimate of drug-likeness (QED) is 0.739. The van der Waals surface area contributed by atoms with Crippen LogP contribution >= 0.6 is 0 Å². The lowest BCUT2D eigenvalue weighted by atomic mass is 10.0. The van der Waals surface area contributed by atoms with E-state index in [4.69, 9.17) is 0 Å². The van der Waals surface area contributed by atoms with Gasteiger partial charge in [0.25, 0.3) is 0 Å². The molecule has 1 aliphatic heterocycles. The monoisotopic (exact) mass is 383 g/mol. The number of aliphatic carboxylic acids is 1. The van der Waals surface area contributed by atoms with Gasteiger partial charge in [0.1, 0.15) is 12.3 Å². The van der Waals surface area contributed by atoms with Crippen molar-refractivity contribution >= 4 is 21.7 Å². The molecule has 0 aromatic heterocycles. The first-order chi connectivity index (χ1) is 12.2. The molecule has 8 heteroatoms. The highest BCUT2D eigenvalue weighted by atomic mass is 32.2. The minimum absolute atomic E-state index is 0.0000217. The summed E-state index contributed by atoms with van der Waals surface area (Å²) < 4.78 is 26.2. The summed E-state index contributed by atoms with van der Waals surface area (Å²) in [7, 11) is -4.05. The van der Waals surface area contributed by atoms with E-state index in [1.54, 1.807) is 19.1 Å². The normalized spacial score (nSPS) is 24.7. The number of benzene rings is 1. The Labute approximate surface area is 153 Å². The van der Waals surface area contributed by atoms with Crippen LogP contribution in [0.2, 0.25) is 0 Å². The molecule has 0 radical (unpaired) electrons. The second-order valence-electron chi connectivity index (χ2n) is 6.65. The molecular weight excluding hydrogens is 358 g/mol. The molecule has 1 amide bonds. The average Bonchev–Trinajstić information content (AvgIpc) is 2.81. The third-order valence-electron chi connectivity index (χ3n) is 4.87. The molecule has 7 nitrogen and oxygen atoms in total. The summed E-state index contributed by atoms with van der Waals surface area (Å²) in [6.45, 7) is 5.22. The zero-order chi connectivity index (χ0) is 19.6. The number of sulfone groups is 1. The predicted octanol–water partition coefficient (Wildman–Crippen LogP) is 1.58. The summed E-state index contributed by atoms with van der Waals surface area (Å²) in [4.78, 5) is 25.2. The molecule has 2 N–H and O–H groups in total. The lowest BCUT2D eigenvalue weighted by Crippen LogP contribution is -2.47. The molecular formula is C18H25NO6S. The van der Waals surface area contributed by atoms with Crippen LogP contribution in [0.4, 0.5) is 0 Å². The van der Waals surface area contributed by atoms with E-state index in [1.165, 1.54) is 12.1 Å². The Balaban J connectivity index is 2.52. The van der Waals surface area contributed by atoms with E-state index >= 15 is 0 Å². The molecule has 3 unspecified atom stereocenters. The second-order valence-corrected chi connectivity index (χ2v) is 8.72. The first-order valence-corrected chi connectivity index (χ1v) is 10.2. The van der Waals surface area contributed by atoms with E-state index in [9.17, 15) is 28.2 Å². The van der Waals surface area contributed by atoms with E-state index < -0.39 is 45.2 Å². The fourth-order valence-corrected chi connectivity index (χ4v) is 5.46. The summed E-state index contributed by atoms with van der Waals surface area (Å²) in [5.74, 6) is -2.97. The van der Waals surface area contributed by atoms with Gasteiger partial charge in [-0.3, -0.25) is 4.79 Å². The molecule has 0 saturated carbocycles. The van der Waals surface area contributed by atoms with E-state index in [1.807, 2.05) is 13.8 Å². The van der Waals surface area contributed by atoms with Gasteiger partial charge in [0.05, 0.1) is 4.90 Å². The van der Waals surface area contributed by atoms with Crippen LogP contribution in [0.25, 0.3) is 0 Å². The summed E-state index contributed by atoms with van der Waals surface area (Å²) in [6.07, 6.45) is -0.496. The van der Waals surface area contributed by atoms with Crippen LogP contribution in [-0.2, 0) is 19.4 Å². The zero-order valence-electron chi connectivity index (χ0n) is 15.1. The third-order valence-corrected chi connectivity index (χ3v) is 7.02. The fourth-order valence-electron chi connectivity index (χ4n) is 3.52. The van der Waals surface area contributed by atoms with E-state index in [-0.39, 0.29) is 11.3 Å². The van der Waals surface area contributed by atoms with Gasteiger partial charge in [-0.25, -0.2) is 13.2 Å². The van der Waals surface area contributed by atoms with Crippen LogP contribution in [0.1, 0.15) is 38.7 Å². The van der Waals surface area contributed by atoms with Gasteiger partial charge in [-0.1, -0.05) is 38.0 Å². The SMILES string of the molecule is CCC[C@H]1C(O)N(C(CC)C(=O)O)C(=O)C1S(=O)(=O)c1ccc(C)cc1. The van der Waals surface area contributed by atoms with Gasteiger partial charge in [0.15, 0.2) is 15.1 Å². The number of carbonyl (C=O) groups excluding carboxylic acids is 1. The Kier molecular flexibility index (Phi) is 6.08. The summed E-state index contributed by atoms with van der Waals surface area (Å²) in [6, 6.07) is 4.90. The van der Waals surface area contributed by atoms with Gasteiger partial charge in [0, 0.05) is 5.92 Å². The Hall–Kier alpha value is -1.93. The molecule has 1 aromatic rings. The highest BCUT2D eigenvalue weighted by molar-refractivity contribution is 7.92. The van der Waals surface area contributed by atoms with Crippen LogP contribution in [0.3, 0.4) is 0 Å². The minimum Gasteiger partial charge on any atom is -0.480 e. The standard InChI is InChI=1S/C18H25NO6S/c1-4-6-13-15(26(24,25)12-9-7-11(3)8-10-12)17(21)19(16(13)20)14(5-2)18(22)23/h7-10,13-16,20H,4-6H2,1-3H3,(H,22,23)/t13-,14?,15?,16?/m1/s1. The van der Waals surface area contributed by atoms with Gasteiger partial charge in [0.2, 0.25) is 5.91 Å². The molecule has 2 rings (SSSR count). The van der Waals surface area contributed by atoms with Crippen LogP contribution in [0.5, 0.6) is 0 Å². The third kappa shape index (κ3) is 3.48. The number of hydrogen-bond acceptors (Lipinski definition) is 5. The highest BCUT2D eigenvalue weighted by Crippen LogP contribution is 2.37. The first-order valence-electron chi connectivity index (χ1n) is 8.70. The maximum atomic E-state index is 13.1. The number of aryl methyl sites for hydroxylation is 1. The largest absolute Gasteiger partial charge is 0.480 e. The molecule has 1 fully saturated rings. The van der Waals surface area contributed by atoms with Crippen molar-refractivity contribution in [3.63, 3.8) is 0 Å². The van der Waals surface area contributed by atoms with E-state index in [0.29, 0.717) is 12.8 Å². The molecule has 1 aliphatic rings. The maximum absolute atomic E-state index is 13.1. The molecule has 1 heterocycles. The van der Waals surface area contributed by atoms with Gasteiger partial charge < -0.3 is 15.1 Å². The smallest absolute Gasteiger partial charge is 0.326 e. The van der Waals surface area contributed by atoms with Gasteiger partial charge >= 0.3 is 5.97 Å². The Morgan fingerprint density at radius 3 is 2.27 bits per heavy atom. The van der Waals surface area contributed by atoms with Crippen molar-refractivity contribution in [2.24, 2.45) is 5.92 Å². The number of carboxylic acids is 1. The van der Waals surface area contributed by atoms with Gasteiger partial charge in [-0.2, -0.15) is 0 Å². The number of amides is 1. The number of carboxylic acid groups (broad SMARTS) is 1. The Morgan fingerprint density at radius 2 is 1.81 bits per heavy atom. The Morgan fingerprint density at radius 1 is 1.23 bits per heavy atom. The Bertz CT molecular complexity index is 773. The van der Waals surface area contributed by atoms with Crippen molar-refractivity contribution in [1.29, 1.82) is 0 Å². The molecule has 144 valence electrons. The van der Waals surface area contributed by atoms with Crippen molar-refractivity contribution in [2.75, 3.05) is 0 Å². The molecule has 0 spiro atoms. The lowest BCUT2D eigenvalue weighted by Gasteiger charge is -2.28. The number of nitrogens with zero attached hydrogens (tertiary/aromatic N) is 1. The summed E-state index contributed by atoms with van der Waals surface area (Å²) in [5.41, 5.74) is 0.880. The topological polar surface area (TPSA) is 112 Å². The molecule has 0 bridgehead atoms. The fraction of sp³-hybridized carbons (Fsp3) is 0.556. The van der Waals surface area contributed by atoms with Crippen molar-refractivity contribution < 1.29 is 28.2 Å². The number of carbonyl (C=O) groups is 2. The van der Waals surface area contributed by atoms with Crippen LogP contribution in [-0.4, -0.2) is 52.9 Å². The molecule has 26 heavy (non-hydrogen) atoms. The van der Waals surface area contributed by atoms with Crippen LogP contribution < -0.4 is 0 Å². The predicted molar refractivity (Wildman–Crippen MR) is 95.1 cm³/mol. The average molecular weight is 383 g/mol. The van der Waals surface area contributed by atoms with E-state index in [2.05, 4.69) is 0 Å².